The average Bonchev–Trinajstić information content (AvgIpc) is 3.46. The van der Waals surface area contributed by atoms with Gasteiger partial charge in [0.1, 0.15) is 18.0 Å². The summed E-state index contributed by atoms with van der Waals surface area (Å²) in [6.07, 6.45) is 1.90. The predicted molar refractivity (Wildman–Crippen MR) is 125 cm³/mol. The molecule has 2 aromatic rings. The van der Waals surface area contributed by atoms with E-state index in [1.54, 1.807) is 0 Å². The largest absolute Gasteiger partial charge is 0.489 e. The van der Waals surface area contributed by atoms with Crippen LogP contribution in [0.5, 0.6) is 5.75 Å². The van der Waals surface area contributed by atoms with Crippen molar-refractivity contribution in [3.8, 4) is 5.75 Å². The van der Waals surface area contributed by atoms with Crippen molar-refractivity contribution < 1.29 is 14.3 Å². The van der Waals surface area contributed by atoms with Gasteiger partial charge in [-0.15, -0.1) is 0 Å². The predicted octanol–water partition coefficient (Wildman–Crippen LogP) is 5.61. The van der Waals surface area contributed by atoms with Crippen LogP contribution in [0.1, 0.15) is 44.7 Å². The Hall–Kier alpha value is -2.05. The van der Waals surface area contributed by atoms with E-state index in [9.17, 15) is 4.79 Å². The summed E-state index contributed by atoms with van der Waals surface area (Å²) in [6, 6.07) is 16.4. The Balaban J connectivity index is 1.42. The molecule has 0 unspecified atom stereocenters. The molecule has 2 aromatic carbocycles. The van der Waals surface area contributed by atoms with Gasteiger partial charge in [0.15, 0.2) is 0 Å². The SMILES string of the molecule is CC(C)(C)OC(=O)N1CCN(Cc2cc(Br)ccc2OCc2ccccc2)CC12CC2. The van der Waals surface area contributed by atoms with Crippen molar-refractivity contribution >= 4 is 22.0 Å². The van der Waals surface area contributed by atoms with E-state index in [0.29, 0.717) is 13.2 Å². The van der Waals surface area contributed by atoms with Crippen LogP contribution in [-0.2, 0) is 17.9 Å². The molecule has 0 radical (unpaired) electrons. The minimum atomic E-state index is -0.467. The van der Waals surface area contributed by atoms with E-state index in [0.717, 1.165) is 53.8 Å². The Morgan fingerprint density at radius 2 is 1.84 bits per heavy atom. The fraction of sp³-hybridized carbons (Fsp3) is 0.480. The second-order valence-corrected chi connectivity index (χ2v) is 10.5. The fourth-order valence-corrected chi connectivity index (χ4v) is 4.57. The molecule has 0 atom stereocenters. The number of amides is 1. The molecule has 1 amide bonds. The number of nitrogens with zero attached hydrogens (tertiary/aromatic N) is 2. The third-order valence-electron chi connectivity index (χ3n) is 5.83. The maximum absolute atomic E-state index is 12.7. The lowest BCUT2D eigenvalue weighted by molar-refractivity contribution is -0.00820. The maximum atomic E-state index is 12.7. The third-order valence-corrected chi connectivity index (χ3v) is 6.32. The lowest BCUT2D eigenvalue weighted by Crippen LogP contribution is -2.57. The summed E-state index contributed by atoms with van der Waals surface area (Å²) in [4.78, 5) is 17.1. The molecule has 1 saturated carbocycles. The van der Waals surface area contributed by atoms with Gasteiger partial charge in [-0.25, -0.2) is 4.79 Å². The Morgan fingerprint density at radius 3 is 2.52 bits per heavy atom. The summed E-state index contributed by atoms with van der Waals surface area (Å²) in [5, 5.41) is 0. The van der Waals surface area contributed by atoms with Gasteiger partial charge < -0.3 is 9.47 Å². The van der Waals surface area contributed by atoms with Crippen molar-refractivity contribution in [1.29, 1.82) is 0 Å². The number of benzene rings is 2. The van der Waals surface area contributed by atoms with Crippen LogP contribution in [0, 0.1) is 0 Å². The molecule has 1 heterocycles. The smallest absolute Gasteiger partial charge is 0.410 e. The molecular weight excluding hydrogens is 456 g/mol. The summed E-state index contributed by atoms with van der Waals surface area (Å²) in [5.41, 5.74) is 1.77. The molecule has 4 rings (SSSR count). The highest BCUT2D eigenvalue weighted by Gasteiger charge is 2.54. The summed E-state index contributed by atoms with van der Waals surface area (Å²) in [7, 11) is 0. The molecule has 2 aliphatic rings. The lowest BCUT2D eigenvalue weighted by Gasteiger charge is -2.42. The molecule has 0 bridgehead atoms. The molecule has 0 N–H and O–H groups in total. The zero-order valence-electron chi connectivity index (χ0n) is 18.6. The van der Waals surface area contributed by atoms with Crippen LogP contribution in [0.3, 0.4) is 0 Å². The molecule has 0 aromatic heterocycles. The van der Waals surface area contributed by atoms with Crippen molar-refractivity contribution in [1.82, 2.24) is 9.80 Å². The Kier molecular flexibility index (Phi) is 6.31. The highest BCUT2D eigenvalue weighted by Crippen LogP contribution is 2.45. The van der Waals surface area contributed by atoms with Crippen LogP contribution in [0.25, 0.3) is 0 Å². The van der Waals surface area contributed by atoms with Crippen molar-refractivity contribution in [3.05, 3.63) is 64.1 Å². The molecule has 166 valence electrons. The molecule has 6 heteroatoms. The molecule has 5 nitrogen and oxygen atoms in total. The number of piperazine rings is 1. The van der Waals surface area contributed by atoms with Crippen molar-refractivity contribution in [3.63, 3.8) is 0 Å². The first-order valence-corrected chi connectivity index (χ1v) is 11.7. The third kappa shape index (κ3) is 5.60. The van der Waals surface area contributed by atoms with E-state index in [1.165, 1.54) is 0 Å². The van der Waals surface area contributed by atoms with E-state index in [1.807, 2.05) is 56.0 Å². The van der Waals surface area contributed by atoms with Crippen LogP contribution in [0.4, 0.5) is 4.79 Å². The highest BCUT2D eigenvalue weighted by molar-refractivity contribution is 9.10. The zero-order valence-corrected chi connectivity index (χ0v) is 20.2. The number of hydrogen-bond donors (Lipinski definition) is 0. The van der Waals surface area contributed by atoms with E-state index in [-0.39, 0.29) is 11.6 Å². The van der Waals surface area contributed by atoms with Gasteiger partial charge in [0.05, 0.1) is 5.54 Å². The molecule has 31 heavy (non-hydrogen) atoms. The molecule has 1 aliphatic carbocycles. The van der Waals surface area contributed by atoms with Crippen molar-refractivity contribution in [2.24, 2.45) is 0 Å². The summed E-state index contributed by atoms with van der Waals surface area (Å²) < 4.78 is 12.9. The number of hydrogen-bond acceptors (Lipinski definition) is 4. The minimum absolute atomic E-state index is 0.0718. The minimum Gasteiger partial charge on any atom is -0.489 e. The first-order chi connectivity index (χ1) is 14.7. The van der Waals surface area contributed by atoms with Crippen LogP contribution >= 0.6 is 15.9 Å². The van der Waals surface area contributed by atoms with E-state index < -0.39 is 5.60 Å². The molecule has 1 aliphatic heterocycles. The number of halogens is 1. The quantitative estimate of drug-likeness (QED) is 0.550. The van der Waals surface area contributed by atoms with Crippen LogP contribution in [0.15, 0.2) is 53.0 Å². The van der Waals surface area contributed by atoms with Gasteiger partial charge in [0.25, 0.3) is 0 Å². The Bertz CT molecular complexity index is 922. The lowest BCUT2D eigenvalue weighted by atomic mass is 10.1. The maximum Gasteiger partial charge on any atom is 0.410 e. The monoisotopic (exact) mass is 486 g/mol. The Morgan fingerprint density at radius 1 is 1.10 bits per heavy atom. The molecule has 1 saturated heterocycles. The van der Waals surface area contributed by atoms with Gasteiger partial charge in [-0.05, 0) is 57.4 Å². The first-order valence-electron chi connectivity index (χ1n) is 10.9. The highest BCUT2D eigenvalue weighted by atomic mass is 79.9. The van der Waals surface area contributed by atoms with Crippen LogP contribution in [-0.4, -0.2) is 46.7 Å². The number of carbonyl (C=O) groups excluding carboxylic acids is 1. The van der Waals surface area contributed by atoms with Gasteiger partial charge in [-0.3, -0.25) is 9.80 Å². The van der Waals surface area contributed by atoms with Gasteiger partial charge in [0.2, 0.25) is 0 Å². The van der Waals surface area contributed by atoms with Crippen molar-refractivity contribution in [2.45, 2.75) is 57.9 Å². The second kappa shape index (κ2) is 8.83. The fourth-order valence-electron chi connectivity index (χ4n) is 4.16. The number of ether oxygens (including phenoxy) is 2. The van der Waals surface area contributed by atoms with Crippen molar-refractivity contribution in [2.75, 3.05) is 19.6 Å². The molecular formula is C25H31BrN2O3. The van der Waals surface area contributed by atoms with E-state index in [2.05, 4.69) is 39.0 Å². The summed E-state index contributed by atoms with van der Waals surface area (Å²) in [5.74, 6) is 0.909. The summed E-state index contributed by atoms with van der Waals surface area (Å²) >= 11 is 3.60. The Labute approximate surface area is 193 Å². The summed E-state index contributed by atoms with van der Waals surface area (Å²) in [6.45, 7) is 9.51. The number of rotatable bonds is 5. The van der Waals surface area contributed by atoms with Gasteiger partial charge >= 0.3 is 6.09 Å². The number of carbonyl (C=O) groups is 1. The zero-order chi connectivity index (χ0) is 22.1. The van der Waals surface area contributed by atoms with Gasteiger partial charge in [-0.2, -0.15) is 0 Å². The first kappa shape index (κ1) is 22.2. The van der Waals surface area contributed by atoms with Crippen LogP contribution < -0.4 is 4.74 Å². The topological polar surface area (TPSA) is 42.0 Å². The normalized spacial score (nSPS) is 18.1. The van der Waals surface area contributed by atoms with E-state index in [4.69, 9.17) is 9.47 Å². The van der Waals surface area contributed by atoms with E-state index >= 15 is 0 Å². The molecule has 1 spiro atoms. The molecule has 2 fully saturated rings. The van der Waals surface area contributed by atoms with Crippen LogP contribution in [0.2, 0.25) is 0 Å². The standard InChI is InChI=1S/C25H31BrN2O3/c1-24(2,3)31-23(29)28-14-13-27(18-25(28)11-12-25)16-20-15-21(26)9-10-22(20)30-17-19-7-5-4-6-8-19/h4-10,15H,11-14,16-18H2,1-3H3. The van der Waals surface area contributed by atoms with Gasteiger partial charge in [0, 0.05) is 36.2 Å². The average molecular weight is 487 g/mol. The second-order valence-electron chi connectivity index (χ2n) is 9.59. The van der Waals surface area contributed by atoms with Gasteiger partial charge in [-0.1, -0.05) is 46.3 Å².